The molecule has 2 aromatic rings. The molecule has 2 heterocycles. The molecule has 178 valence electrons. The van der Waals surface area contributed by atoms with Crippen LogP contribution in [0.25, 0.3) is 0 Å². The lowest BCUT2D eigenvalue weighted by molar-refractivity contribution is -0.137. The molecule has 0 unspecified atom stereocenters. The largest absolute Gasteiger partial charge is 0.416 e. The minimum atomic E-state index is -4.45. The zero-order chi connectivity index (χ0) is 23.6. The zero-order valence-electron chi connectivity index (χ0n) is 18.4. The summed E-state index contributed by atoms with van der Waals surface area (Å²) in [6, 6.07) is 9.94. The third kappa shape index (κ3) is 4.93. The van der Waals surface area contributed by atoms with E-state index >= 15 is 0 Å². The lowest BCUT2D eigenvalue weighted by atomic mass is 9.82. The number of rotatable bonds is 6. The van der Waals surface area contributed by atoms with Crippen LogP contribution < -0.4 is 15.1 Å². The van der Waals surface area contributed by atoms with E-state index in [2.05, 4.69) is 5.32 Å². The molecule has 0 saturated carbocycles. The lowest BCUT2D eigenvalue weighted by Crippen LogP contribution is -2.61. The molecule has 1 amide bonds. The van der Waals surface area contributed by atoms with Gasteiger partial charge in [0.15, 0.2) is 0 Å². The van der Waals surface area contributed by atoms with Crippen LogP contribution in [0.2, 0.25) is 0 Å². The fourth-order valence-corrected chi connectivity index (χ4v) is 4.79. The molecular formula is C24H27F4N3O2. The number of para-hydroxylation sites is 1. The summed E-state index contributed by atoms with van der Waals surface area (Å²) in [5.74, 6) is -1.10. The number of anilines is 2. The Kier molecular flexibility index (Phi) is 6.78. The number of carbonyl (C=O) groups is 1. The van der Waals surface area contributed by atoms with Crippen molar-refractivity contribution in [3.05, 3.63) is 59.4 Å². The molecule has 2 aliphatic rings. The Labute approximate surface area is 190 Å². The number of hydrogen-bond donors (Lipinski definition) is 1. The van der Waals surface area contributed by atoms with E-state index < -0.39 is 17.7 Å². The second-order valence-corrected chi connectivity index (χ2v) is 8.45. The first kappa shape index (κ1) is 23.4. The van der Waals surface area contributed by atoms with Crippen molar-refractivity contribution in [3.63, 3.8) is 0 Å². The Balaban J connectivity index is 1.63. The molecule has 4 rings (SSSR count). The van der Waals surface area contributed by atoms with E-state index in [0.29, 0.717) is 56.1 Å². The number of piperazine rings is 1. The highest BCUT2D eigenvalue weighted by Gasteiger charge is 2.43. The molecule has 0 aromatic heterocycles. The van der Waals surface area contributed by atoms with Gasteiger partial charge < -0.3 is 19.9 Å². The average Bonchev–Trinajstić information content (AvgIpc) is 2.80. The first-order chi connectivity index (χ1) is 15.8. The maximum absolute atomic E-state index is 14.4. The summed E-state index contributed by atoms with van der Waals surface area (Å²) in [4.78, 5) is 17.0. The van der Waals surface area contributed by atoms with E-state index in [-0.39, 0.29) is 24.2 Å². The molecule has 0 radical (unpaired) electrons. The topological polar surface area (TPSA) is 44.8 Å². The Bertz CT molecular complexity index is 998. The second-order valence-electron chi connectivity index (χ2n) is 8.45. The van der Waals surface area contributed by atoms with E-state index in [1.807, 2.05) is 9.80 Å². The van der Waals surface area contributed by atoms with Gasteiger partial charge in [-0.25, -0.2) is 4.39 Å². The molecule has 2 atom stereocenters. The first-order valence-electron chi connectivity index (χ1n) is 11.0. The van der Waals surface area contributed by atoms with E-state index in [1.165, 1.54) is 12.1 Å². The maximum atomic E-state index is 14.4. The van der Waals surface area contributed by atoms with Gasteiger partial charge in [-0.2, -0.15) is 13.2 Å². The van der Waals surface area contributed by atoms with E-state index in [1.54, 1.807) is 25.3 Å². The lowest BCUT2D eigenvalue weighted by Gasteiger charge is -2.49. The molecular weight excluding hydrogens is 438 g/mol. The number of nitrogens with zero attached hydrogens (tertiary/aromatic N) is 2. The highest BCUT2D eigenvalue weighted by molar-refractivity contribution is 5.82. The van der Waals surface area contributed by atoms with Crippen LogP contribution in [0.5, 0.6) is 0 Å². The van der Waals surface area contributed by atoms with Gasteiger partial charge in [-0.05, 0) is 48.7 Å². The van der Waals surface area contributed by atoms with Crippen molar-refractivity contribution in [2.75, 3.05) is 49.7 Å². The number of nitrogens with one attached hydrogen (secondary N) is 1. The molecule has 5 nitrogen and oxygen atoms in total. The molecule has 0 spiro atoms. The number of fused-ring (bicyclic) bond motifs is 3. The van der Waals surface area contributed by atoms with Crippen LogP contribution >= 0.6 is 0 Å². The van der Waals surface area contributed by atoms with Crippen LogP contribution in [0.1, 0.15) is 17.5 Å². The highest BCUT2D eigenvalue weighted by Crippen LogP contribution is 2.40. The highest BCUT2D eigenvalue weighted by atomic mass is 19.4. The molecule has 33 heavy (non-hydrogen) atoms. The third-order valence-corrected chi connectivity index (χ3v) is 6.39. The molecule has 0 bridgehead atoms. The van der Waals surface area contributed by atoms with Gasteiger partial charge in [0.25, 0.3) is 0 Å². The summed E-state index contributed by atoms with van der Waals surface area (Å²) < 4.78 is 59.4. The van der Waals surface area contributed by atoms with Gasteiger partial charge in [0, 0.05) is 45.6 Å². The minimum Gasteiger partial charge on any atom is -0.385 e. The normalized spacial score (nSPS) is 20.3. The molecule has 1 N–H and O–H groups in total. The number of amides is 1. The molecule has 0 aliphatic carbocycles. The zero-order valence-corrected chi connectivity index (χ0v) is 18.4. The number of halogens is 4. The van der Waals surface area contributed by atoms with Crippen molar-refractivity contribution in [3.8, 4) is 0 Å². The van der Waals surface area contributed by atoms with Crippen molar-refractivity contribution >= 4 is 17.3 Å². The number of ether oxygens (including phenoxy) is 1. The van der Waals surface area contributed by atoms with Crippen molar-refractivity contribution in [1.82, 2.24) is 5.32 Å². The molecule has 1 saturated heterocycles. The predicted molar refractivity (Wildman–Crippen MR) is 118 cm³/mol. The van der Waals surface area contributed by atoms with Crippen LogP contribution in [0.4, 0.5) is 28.9 Å². The smallest absolute Gasteiger partial charge is 0.385 e. The number of alkyl halides is 3. The average molecular weight is 465 g/mol. The van der Waals surface area contributed by atoms with Gasteiger partial charge in [0.05, 0.1) is 23.2 Å². The Morgan fingerprint density at radius 1 is 1.15 bits per heavy atom. The first-order valence-corrected chi connectivity index (χ1v) is 11.0. The van der Waals surface area contributed by atoms with Crippen molar-refractivity contribution < 1.29 is 27.1 Å². The summed E-state index contributed by atoms with van der Waals surface area (Å²) in [6.07, 6.45) is -3.62. The van der Waals surface area contributed by atoms with Gasteiger partial charge in [-0.3, -0.25) is 4.79 Å². The summed E-state index contributed by atoms with van der Waals surface area (Å²) >= 11 is 0. The van der Waals surface area contributed by atoms with E-state index in [0.717, 1.165) is 12.1 Å². The van der Waals surface area contributed by atoms with Gasteiger partial charge in [0.2, 0.25) is 5.91 Å². The monoisotopic (exact) mass is 465 g/mol. The van der Waals surface area contributed by atoms with E-state index in [4.69, 9.17) is 4.74 Å². The number of methoxy groups -OCH3 is 1. The van der Waals surface area contributed by atoms with Crippen LogP contribution in [-0.2, 0) is 22.1 Å². The number of hydrogen-bond acceptors (Lipinski definition) is 4. The Morgan fingerprint density at radius 3 is 2.67 bits per heavy atom. The Morgan fingerprint density at radius 2 is 1.94 bits per heavy atom. The van der Waals surface area contributed by atoms with E-state index in [9.17, 15) is 22.4 Å². The van der Waals surface area contributed by atoms with Gasteiger partial charge in [0.1, 0.15) is 5.82 Å². The summed E-state index contributed by atoms with van der Waals surface area (Å²) in [5.41, 5.74) is 0.973. The summed E-state index contributed by atoms with van der Waals surface area (Å²) in [5, 5.41) is 2.90. The Hall–Kier alpha value is -2.81. The van der Waals surface area contributed by atoms with Crippen LogP contribution in [0.15, 0.2) is 42.5 Å². The molecule has 9 heteroatoms. The fourth-order valence-electron chi connectivity index (χ4n) is 4.79. The molecule has 1 fully saturated rings. The minimum absolute atomic E-state index is 0.196. The quantitative estimate of drug-likeness (QED) is 0.520. The van der Waals surface area contributed by atoms with Crippen molar-refractivity contribution in [2.24, 2.45) is 5.92 Å². The third-order valence-electron chi connectivity index (χ3n) is 6.39. The van der Waals surface area contributed by atoms with Crippen LogP contribution in [0, 0.1) is 11.7 Å². The van der Waals surface area contributed by atoms with Crippen molar-refractivity contribution in [1.29, 1.82) is 0 Å². The summed E-state index contributed by atoms with van der Waals surface area (Å²) in [6.45, 7) is 2.30. The number of carbonyl (C=O) groups excluding carboxylic acids is 1. The summed E-state index contributed by atoms with van der Waals surface area (Å²) in [7, 11) is 1.58. The van der Waals surface area contributed by atoms with Crippen molar-refractivity contribution in [2.45, 2.75) is 25.1 Å². The van der Waals surface area contributed by atoms with Gasteiger partial charge >= 0.3 is 6.18 Å². The SMILES string of the molecule is COCCCNC(=O)[C@H]1Cc2cc(C(F)(F)F)ccc2N2CCN(c3ccccc3F)C[C@@H]12. The van der Waals surface area contributed by atoms with Crippen LogP contribution in [-0.4, -0.2) is 51.8 Å². The number of benzene rings is 2. The van der Waals surface area contributed by atoms with Gasteiger partial charge in [-0.1, -0.05) is 12.1 Å². The molecule has 2 aromatic carbocycles. The maximum Gasteiger partial charge on any atom is 0.416 e. The second kappa shape index (κ2) is 9.59. The predicted octanol–water partition coefficient (Wildman–Crippen LogP) is 3.86. The molecule has 2 aliphatic heterocycles. The standard InChI is InChI=1S/C24H27F4N3O2/c1-33-12-4-9-29-23(32)18-14-16-13-17(24(26,27)28)7-8-20(16)31-11-10-30(15-22(18)31)21-6-3-2-5-19(21)25/h2-3,5-8,13,18,22H,4,9-12,14-15H2,1H3,(H,29,32)/t18-,22-/m0/s1. The van der Waals surface area contributed by atoms with Crippen LogP contribution in [0.3, 0.4) is 0 Å². The van der Waals surface area contributed by atoms with Gasteiger partial charge in [-0.15, -0.1) is 0 Å². The fraction of sp³-hybridized carbons (Fsp3) is 0.458.